The van der Waals surface area contributed by atoms with Gasteiger partial charge in [-0.1, -0.05) is 28.9 Å². The van der Waals surface area contributed by atoms with E-state index in [0.29, 0.717) is 23.4 Å². The minimum atomic E-state index is -1.20. The summed E-state index contributed by atoms with van der Waals surface area (Å²) in [6, 6.07) is 10.5. The maximum atomic E-state index is 12.4. The van der Waals surface area contributed by atoms with Crippen molar-refractivity contribution in [3.8, 4) is 0 Å². The number of carboxylic acid groups (broad SMARTS) is 1. The number of carbonyl (C=O) groups is 2. The smallest absolute Gasteiger partial charge is 0.337 e. The number of hydrogen-bond acceptors (Lipinski definition) is 5. The van der Waals surface area contributed by atoms with Crippen molar-refractivity contribution in [2.75, 3.05) is 18.5 Å². The van der Waals surface area contributed by atoms with Crippen LogP contribution in [0.25, 0.3) is 0 Å². The first kappa shape index (κ1) is 19.4. The maximum absolute atomic E-state index is 12.4. The second-order valence-corrected chi connectivity index (χ2v) is 5.65. The Hall–Kier alpha value is -2.90. The van der Waals surface area contributed by atoms with Gasteiger partial charge in [0.2, 0.25) is 0 Å². The SMILES string of the molecule is CCOC/C(=N/O)c1ccc(C(=O)Nc2ccc(Cl)cc2C(=O)O)cc1. The third-order valence-corrected chi connectivity index (χ3v) is 3.74. The lowest BCUT2D eigenvalue weighted by atomic mass is 10.1. The summed E-state index contributed by atoms with van der Waals surface area (Å²) in [6.45, 7) is 2.45. The van der Waals surface area contributed by atoms with Crippen molar-refractivity contribution < 1.29 is 24.6 Å². The molecule has 0 unspecified atom stereocenters. The van der Waals surface area contributed by atoms with E-state index in [1.807, 2.05) is 6.92 Å². The molecule has 0 bridgehead atoms. The number of amides is 1. The summed E-state index contributed by atoms with van der Waals surface area (Å²) in [5, 5.41) is 24.3. The second-order valence-electron chi connectivity index (χ2n) is 5.21. The molecule has 0 fully saturated rings. The molecule has 0 saturated heterocycles. The third-order valence-electron chi connectivity index (χ3n) is 3.50. The lowest BCUT2D eigenvalue weighted by molar-refractivity contribution is 0.0698. The van der Waals surface area contributed by atoms with Crippen LogP contribution in [0.4, 0.5) is 5.69 Å². The van der Waals surface area contributed by atoms with Crippen LogP contribution in [0.1, 0.15) is 33.2 Å². The number of halogens is 1. The van der Waals surface area contributed by atoms with Gasteiger partial charge in [0, 0.05) is 22.8 Å². The number of ether oxygens (including phenoxy) is 1. The molecule has 2 rings (SSSR count). The Labute approximate surface area is 154 Å². The molecular weight excluding hydrogens is 360 g/mol. The van der Waals surface area contributed by atoms with Crippen molar-refractivity contribution in [2.45, 2.75) is 6.92 Å². The van der Waals surface area contributed by atoms with Gasteiger partial charge in [0.05, 0.1) is 17.9 Å². The molecule has 2 aromatic rings. The highest BCUT2D eigenvalue weighted by Crippen LogP contribution is 2.21. The average molecular weight is 377 g/mol. The number of nitrogens with one attached hydrogen (secondary N) is 1. The monoisotopic (exact) mass is 376 g/mol. The Morgan fingerprint density at radius 3 is 2.38 bits per heavy atom. The van der Waals surface area contributed by atoms with Gasteiger partial charge in [0.25, 0.3) is 5.91 Å². The minimum Gasteiger partial charge on any atom is -0.478 e. The standard InChI is InChI=1S/C18H17ClN2O5/c1-2-26-10-16(21-25)11-3-5-12(6-4-11)17(22)20-15-8-7-13(19)9-14(15)18(23)24/h3-9,25H,2,10H2,1H3,(H,20,22)(H,23,24)/b21-16-. The molecule has 0 aliphatic rings. The summed E-state index contributed by atoms with van der Waals surface area (Å²) in [5.41, 5.74) is 1.30. The summed E-state index contributed by atoms with van der Waals surface area (Å²) < 4.78 is 5.21. The second kappa shape index (κ2) is 8.98. The fourth-order valence-electron chi connectivity index (χ4n) is 2.18. The first-order valence-electron chi connectivity index (χ1n) is 7.69. The number of carbonyl (C=O) groups excluding carboxylic acids is 1. The quantitative estimate of drug-likeness (QED) is 0.389. The molecule has 3 N–H and O–H groups in total. The van der Waals surface area contributed by atoms with E-state index in [1.165, 1.54) is 30.3 Å². The zero-order chi connectivity index (χ0) is 19.1. The van der Waals surface area contributed by atoms with E-state index in [0.717, 1.165) is 0 Å². The molecule has 0 aliphatic heterocycles. The summed E-state index contributed by atoms with van der Waals surface area (Å²) in [6.07, 6.45) is 0. The highest BCUT2D eigenvalue weighted by Gasteiger charge is 2.15. The average Bonchev–Trinajstić information content (AvgIpc) is 2.64. The highest BCUT2D eigenvalue weighted by atomic mass is 35.5. The van der Waals surface area contributed by atoms with Crippen molar-refractivity contribution in [1.29, 1.82) is 0 Å². The fourth-order valence-corrected chi connectivity index (χ4v) is 2.35. The van der Waals surface area contributed by atoms with Gasteiger partial charge in [-0.25, -0.2) is 4.79 Å². The van der Waals surface area contributed by atoms with Gasteiger partial charge in [-0.05, 0) is 37.3 Å². The van der Waals surface area contributed by atoms with E-state index in [1.54, 1.807) is 12.1 Å². The van der Waals surface area contributed by atoms with Crippen molar-refractivity contribution >= 4 is 34.9 Å². The number of anilines is 1. The van der Waals surface area contributed by atoms with Crippen LogP contribution in [-0.4, -0.2) is 41.1 Å². The first-order valence-corrected chi connectivity index (χ1v) is 8.07. The van der Waals surface area contributed by atoms with Crippen molar-refractivity contribution in [3.05, 3.63) is 64.2 Å². The van der Waals surface area contributed by atoms with E-state index >= 15 is 0 Å². The molecule has 2 aromatic carbocycles. The largest absolute Gasteiger partial charge is 0.478 e. The zero-order valence-corrected chi connectivity index (χ0v) is 14.7. The molecule has 26 heavy (non-hydrogen) atoms. The molecular formula is C18H17ClN2O5. The van der Waals surface area contributed by atoms with E-state index in [2.05, 4.69) is 10.5 Å². The van der Waals surface area contributed by atoms with Crippen LogP contribution in [-0.2, 0) is 4.74 Å². The zero-order valence-electron chi connectivity index (χ0n) is 13.9. The van der Waals surface area contributed by atoms with Crippen molar-refractivity contribution in [3.63, 3.8) is 0 Å². The van der Waals surface area contributed by atoms with E-state index in [-0.39, 0.29) is 22.9 Å². The number of hydrogen-bond donors (Lipinski definition) is 3. The van der Waals surface area contributed by atoms with Crippen LogP contribution in [0.15, 0.2) is 47.6 Å². The van der Waals surface area contributed by atoms with E-state index in [9.17, 15) is 14.7 Å². The Morgan fingerprint density at radius 2 is 1.81 bits per heavy atom. The highest BCUT2D eigenvalue weighted by molar-refractivity contribution is 6.31. The molecule has 0 aliphatic carbocycles. The molecule has 8 heteroatoms. The third kappa shape index (κ3) is 4.81. The lowest BCUT2D eigenvalue weighted by Gasteiger charge is -2.10. The predicted octanol–water partition coefficient (Wildman–Crippen LogP) is 3.51. The van der Waals surface area contributed by atoms with Crippen LogP contribution in [0, 0.1) is 0 Å². The topological polar surface area (TPSA) is 108 Å². The number of aromatic carboxylic acids is 1. The van der Waals surface area contributed by atoms with Gasteiger partial charge in [-0.3, -0.25) is 4.79 Å². The van der Waals surface area contributed by atoms with Crippen LogP contribution in [0.2, 0.25) is 5.02 Å². The van der Waals surface area contributed by atoms with Gasteiger partial charge < -0.3 is 20.4 Å². The summed E-state index contributed by atoms with van der Waals surface area (Å²) in [4.78, 5) is 23.6. The number of carboxylic acids is 1. The number of benzene rings is 2. The summed E-state index contributed by atoms with van der Waals surface area (Å²) in [5.74, 6) is -1.67. The van der Waals surface area contributed by atoms with E-state index in [4.69, 9.17) is 21.5 Å². The molecule has 0 spiro atoms. The van der Waals surface area contributed by atoms with Gasteiger partial charge in [-0.15, -0.1) is 0 Å². The first-order chi connectivity index (χ1) is 12.5. The van der Waals surface area contributed by atoms with Gasteiger partial charge >= 0.3 is 5.97 Å². The van der Waals surface area contributed by atoms with Gasteiger partial charge in [0.1, 0.15) is 5.71 Å². The molecule has 0 heterocycles. The van der Waals surface area contributed by atoms with Gasteiger partial charge in [0.15, 0.2) is 0 Å². The number of nitrogens with zero attached hydrogens (tertiary/aromatic N) is 1. The lowest BCUT2D eigenvalue weighted by Crippen LogP contribution is -2.15. The molecule has 7 nitrogen and oxygen atoms in total. The fraction of sp³-hybridized carbons (Fsp3) is 0.167. The Kier molecular flexibility index (Phi) is 6.71. The summed E-state index contributed by atoms with van der Waals surface area (Å²) >= 11 is 5.79. The molecule has 0 aromatic heterocycles. The molecule has 0 radical (unpaired) electrons. The Morgan fingerprint density at radius 1 is 1.15 bits per heavy atom. The van der Waals surface area contributed by atoms with Crippen LogP contribution >= 0.6 is 11.6 Å². The molecule has 136 valence electrons. The van der Waals surface area contributed by atoms with Crippen LogP contribution < -0.4 is 5.32 Å². The number of oxime groups is 1. The predicted molar refractivity (Wildman–Crippen MR) is 97.6 cm³/mol. The van der Waals surface area contributed by atoms with Crippen LogP contribution in [0.5, 0.6) is 0 Å². The normalized spacial score (nSPS) is 11.2. The summed E-state index contributed by atoms with van der Waals surface area (Å²) in [7, 11) is 0. The molecule has 0 saturated carbocycles. The van der Waals surface area contributed by atoms with Crippen LogP contribution in [0.3, 0.4) is 0 Å². The minimum absolute atomic E-state index is 0.103. The Balaban J connectivity index is 2.17. The van der Waals surface area contributed by atoms with Gasteiger partial charge in [-0.2, -0.15) is 0 Å². The molecule has 1 amide bonds. The Bertz CT molecular complexity index is 834. The number of rotatable bonds is 7. The maximum Gasteiger partial charge on any atom is 0.337 e. The van der Waals surface area contributed by atoms with Crippen molar-refractivity contribution in [2.24, 2.45) is 5.16 Å². The van der Waals surface area contributed by atoms with E-state index < -0.39 is 11.9 Å². The van der Waals surface area contributed by atoms with Crippen molar-refractivity contribution in [1.82, 2.24) is 0 Å². The molecule has 0 atom stereocenters.